The molecule has 24 heavy (non-hydrogen) atoms. The molecule has 0 bridgehead atoms. The Balaban J connectivity index is 2.35. The van der Waals surface area contributed by atoms with Crippen LogP contribution in [0.15, 0.2) is 43.0 Å². The van der Waals surface area contributed by atoms with E-state index >= 15 is 0 Å². The fraction of sp³-hybridized carbons (Fsp3) is 0.133. The molecule has 1 heterocycles. The highest BCUT2D eigenvalue weighted by Crippen LogP contribution is 2.46. The summed E-state index contributed by atoms with van der Waals surface area (Å²) in [5.41, 5.74) is 1.68. The maximum atomic E-state index is 6.09. The first kappa shape index (κ1) is 18.2. The molecule has 0 aliphatic heterocycles. The maximum absolute atomic E-state index is 6.09. The number of benzene rings is 2. The van der Waals surface area contributed by atoms with E-state index in [0.717, 1.165) is 10.9 Å². The molecule has 2 aromatic carbocycles. The summed E-state index contributed by atoms with van der Waals surface area (Å²) < 4.78 is -3.23. The summed E-state index contributed by atoms with van der Waals surface area (Å²) in [6.07, 6.45) is 2.82. The lowest BCUT2D eigenvalue weighted by Crippen LogP contribution is -2.05. The van der Waals surface area contributed by atoms with Crippen LogP contribution >= 0.6 is 69.6 Å². The molecule has 0 N–H and O–H groups in total. The van der Waals surface area contributed by atoms with Crippen LogP contribution in [0.25, 0.3) is 22.2 Å². The molecule has 0 radical (unpaired) electrons. The first-order valence-corrected chi connectivity index (χ1v) is 8.78. The summed E-state index contributed by atoms with van der Waals surface area (Å²) in [7, 11) is 0. The largest absolute Gasteiger partial charge is 0.225 e. The van der Waals surface area contributed by atoms with Crippen LogP contribution in [0.3, 0.4) is 0 Å². The number of rotatable bonds is 1. The average molecular weight is 442 g/mol. The van der Waals surface area contributed by atoms with Crippen LogP contribution in [0.1, 0.15) is 11.1 Å². The number of nitrogens with zero attached hydrogens (tertiary/aromatic N) is 3. The smallest absolute Gasteiger partial charge is 0.216 e. The molecule has 0 amide bonds. The van der Waals surface area contributed by atoms with Crippen molar-refractivity contribution in [3.8, 4) is 11.4 Å². The number of fused-ring (bicyclic) bond motifs is 1. The van der Waals surface area contributed by atoms with Crippen molar-refractivity contribution in [3.05, 3.63) is 54.1 Å². The van der Waals surface area contributed by atoms with Gasteiger partial charge in [-0.15, -0.1) is 0 Å². The van der Waals surface area contributed by atoms with Gasteiger partial charge in [0.05, 0.1) is 0 Å². The van der Waals surface area contributed by atoms with Crippen molar-refractivity contribution in [1.29, 1.82) is 0 Å². The molecule has 0 unspecified atom stereocenters. The van der Waals surface area contributed by atoms with Crippen molar-refractivity contribution >= 4 is 80.4 Å². The second-order valence-corrected chi connectivity index (χ2v) is 9.44. The molecule has 0 fully saturated rings. The third kappa shape index (κ3) is 3.67. The van der Waals surface area contributed by atoms with E-state index in [1.165, 1.54) is 12.7 Å². The van der Waals surface area contributed by atoms with Crippen LogP contribution in [0.2, 0.25) is 0 Å². The lowest BCUT2D eigenvalue weighted by atomic mass is 9.97. The van der Waals surface area contributed by atoms with Crippen molar-refractivity contribution in [1.82, 2.24) is 15.0 Å². The van der Waals surface area contributed by atoms with Gasteiger partial charge in [0.25, 0.3) is 0 Å². The van der Waals surface area contributed by atoms with E-state index in [4.69, 9.17) is 69.6 Å². The molecule has 0 saturated heterocycles. The van der Waals surface area contributed by atoms with Crippen LogP contribution in [-0.2, 0) is 7.59 Å². The first-order chi connectivity index (χ1) is 11.2. The second kappa shape index (κ2) is 6.64. The van der Waals surface area contributed by atoms with Crippen molar-refractivity contribution in [3.63, 3.8) is 0 Å². The van der Waals surface area contributed by atoms with Crippen LogP contribution in [0.4, 0.5) is 0 Å². The second-order valence-electron chi connectivity index (χ2n) is 4.88. The average Bonchev–Trinajstić information content (AvgIpc) is 2.52. The molecule has 0 aliphatic rings. The van der Waals surface area contributed by atoms with E-state index in [2.05, 4.69) is 15.0 Å². The summed E-state index contributed by atoms with van der Waals surface area (Å²) >= 11 is 36.2. The van der Waals surface area contributed by atoms with Crippen LogP contribution in [0, 0.1) is 0 Å². The number of hydrogen-bond acceptors (Lipinski definition) is 3. The molecule has 9 heteroatoms. The Morgan fingerprint density at radius 1 is 0.708 bits per heavy atom. The van der Waals surface area contributed by atoms with E-state index in [9.17, 15) is 0 Å². The maximum Gasteiger partial charge on any atom is 0.216 e. The lowest BCUT2D eigenvalue weighted by Gasteiger charge is -2.19. The highest BCUT2D eigenvalue weighted by atomic mass is 35.6. The minimum absolute atomic E-state index is 0.461. The summed E-state index contributed by atoms with van der Waals surface area (Å²) in [5.74, 6) is 0.493. The van der Waals surface area contributed by atoms with Gasteiger partial charge in [-0.05, 0) is 16.8 Å². The highest BCUT2D eigenvalue weighted by molar-refractivity contribution is 6.67. The van der Waals surface area contributed by atoms with Gasteiger partial charge in [0.2, 0.25) is 7.59 Å². The van der Waals surface area contributed by atoms with Gasteiger partial charge in [0.1, 0.15) is 12.7 Å². The van der Waals surface area contributed by atoms with Crippen molar-refractivity contribution in [2.24, 2.45) is 0 Å². The molecular formula is C15H7Cl6N3. The molecule has 0 saturated carbocycles. The van der Waals surface area contributed by atoms with E-state index in [1.54, 1.807) is 30.3 Å². The topological polar surface area (TPSA) is 38.7 Å². The normalized spacial score (nSPS) is 12.6. The number of alkyl halides is 6. The van der Waals surface area contributed by atoms with Crippen molar-refractivity contribution in [2.45, 2.75) is 7.59 Å². The van der Waals surface area contributed by atoms with E-state index in [0.29, 0.717) is 22.3 Å². The zero-order valence-electron chi connectivity index (χ0n) is 11.7. The molecule has 1 aromatic heterocycles. The Bertz CT molecular complexity index is 887. The Kier molecular flexibility index (Phi) is 5.05. The predicted octanol–water partition coefficient (Wildman–Crippen LogP) is 6.35. The van der Waals surface area contributed by atoms with Gasteiger partial charge in [0, 0.05) is 16.7 Å². The summed E-state index contributed by atoms with van der Waals surface area (Å²) in [6, 6.07) is 8.64. The standard InChI is InChI=1S/C15H7Cl6N3/c16-14(17,18)8-1-2-9-10(13-23-6-22-7-24-13)3-4-12(11(9)5-8)15(19,20)21/h1-7H. The summed E-state index contributed by atoms with van der Waals surface area (Å²) in [5, 5.41) is 1.40. The lowest BCUT2D eigenvalue weighted by molar-refractivity contribution is 1.06. The van der Waals surface area contributed by atoms with Gasteiger partial charge in [-0.25, -0.2) is 15.0 Å². The SMILES string of the molecule is ClC(Cl)(Cl)c1ccc2c(-c3ncncn3)ccc(C(Cl)(Cl)Cl)c2c1. The molecule has 3 nitrogen and oxygen atoms in total. The monoisotopic (exact) mass is 439 g/mol. The Hall–Kier alpha value is -0.550. The zero-order chi connectivity index (χ0) is 17.5. The molecular weight excluding hydrogens is 435 g/mol. The molecule has 3 aromatic rings. The van der Waals surface area contributed by atoms with E-state index < -0.39 is 7.59 Å². The summed E-state index contributed by atoms with van der Waals surface area (Å²) in [4.78, 5) is 12.1. The molecule has 0 atom stereocenters. The zero-order valence-corrected chi connectivity index (χ0v) is 16.2. The van der Waals surface area contributed by atoms with Gasteiger partial charge in [-0.3, -0.25) is 0 Å². The molecule has 0 spiro atoms. The van der Waals surface area contributed by atoms with Gasteiger partial charge in [-0.2, -0.15) is 0 Å². The van der Waals surface area contributed by atoms with E-state index in [-0.39, 0.29) is 0 Å². The Morgan fingerprint density at radius 2 is 1.38 bits per heavy atom. The molecule has 0 aliphatic carbocycles. The van der Waals surface area contributed by atoms with Crippen LogP contribution in [0.5, 0.6) is 0 Å². The minimum atomic E-state index is -1.64. The third-order valence-corrected chi connectivity index (χ3v) is 4.65. The van der Waals surface area contributed by atoms with Crippen molar-refractivity contribution in [2.75, 3.05) is 0 Å². The Morgan fingerprint density at radius 3 is 1.96 bits per heavy atom. The van der Waals surface area contributed by atoms with Crippen LogP contribution < -0.4 is 0 Å². The highest BCUT2D eigenvalue weighted by Gasteiger charge is 2.29. The molecule has 3 rings (SSSR count). The Labute approximate surface area is 167 Å². The number of hydrogen-bond donors (Lipinski definition) is 0. The third-order valence-electron chi connectivity index (χ3n) is 3.38. The fourth-order valence-electron chi connectivity index (χ4n) is 2.34. The first-order valence-electron chi connectivity index (χ1n) is 6.51. The van der Waals surface area contributed by atoms with Gasteiger partial charge < -0.3 is 0 Å². The fourth-order valence-corrected chi connectivity index (χ4v) is 3.19. The van der Waals surface area contributed by atoms with Gasteiger partial charge in [-0.1, -0.05) is 93.9 Å². The van der Waals surface area contributed by atoms with E-state index in [1.807, 2.05) is 0 Å². The quantitative estimate of drug-likeness (QED) is 0.413. The van der Waals surface area contributed by atoms with Crippen molar-refractivity contribution < 1.29 is 0 Å². The predicted molar refractivity (Wildman–Crippen MR) is 101 cm³/mol. The number of aromatic nitrogens is 3. The molecule has 124 valence electrons. The minimum Gasteiger partial charge on any atom is -0.225 e. The summed E-state index contributed by atoms with van der Waals surface area (Å²) in [6.45, 7) is 0. The number of halogens is 6. The van der Waals surface area contributed by atoms with Gasteiger partial charge in [0.15, 0.2) is 5.82 Å². The van der Waals surface area contributed by atoms with Crippen LogP contribution in [-0.4, -0.2) is 15.0 Å². The van der Waals surface area contributed by atoms with Gasteiger partial charge >= 0.3 is 0 Å².